The summed E-state index contributed by atoms with van der Waals surface area (Å²) in [6, 6.07) is 5.32. The van der Waals surface area contributed by atoms with Crippen molar-refractivity contribution in [1.82, 2.24) is 4.90 Å². The number of fused-ring (bicyclic) bond motifs is 1. The van der Waals surface area contributed by atoms with Gasteiger partial charge in [0.2, 0.25) is 0 Å². The van der Waals surface area contributed by atoms with E-state index >= 15 is 0 Å². The van der Waals surface area contributed by atoms with Crippen molar-refractivity contribution in [3.63, 3.8) is 0 Å². The fourth-order valence-electron chi connectivity index (χ4n) is 2.20. The molecule has 0 fully saturated rings. The molecule has 6 nitrogen and oxygen atoms in total. The number of carbonyl (C=O) groups is 1. The minimum Gasteiger partial charge on any atom is -0.493 e. The number of amides is 1. The van der Waals surface area contributed by atoms with E-state index in [0.29, 0.717) is 18.6 Å². The average Bonchev–Trinajstić information content (AvgIpc) is 2.92. The lowest BCUT2D eigenvalue weighted by Gasteiger charge is -2.24. The molecule has 2 rings (SSSR count). The van der Waals surface area contributed by atoms with Gasteiger partial charge in [-0.2, -0.15) is 0 Å². The highest BCUT2D eigenvalue weighted by Crippen LogP contribution is 2.26. The first-order valence-corrected chi connectivity index (χ1v) is 6.52. The molecule has 1 unspecified atom stereocenters. The Morgan fingerprint density at radius 3 is 3.05 bits per heavy atom. The van der Waals surface area contributed by atoms with Crippen molar-refractivity contribution in [2.24, 2.45) is 10.9 Å². The van der Waals surface area contributed by atoms with E-state index in [0.717, 1.165) is 17.7 Å². The Balaban J connectivity index is 2.10. The molecule has 1 heterocycles. The fourth-order valence-corrected chi connectivity index (χ4v) is 2.20. The molecular formula is C14H19N3O3. The molecular weight excluding hydrogens is 258 g/mol. The van der Waals surface area contributed by atoms with Crippen LogP contribution >= 0.6 is 0 Å². The number of ether oxygens (including phenoxy) is 1. The first kappa shape index (κ1) is 14.2. The molecule has 1 atom stereocenters. The predicted octanol–water partition coefficient (Wildman–Crippen LogP) is 1.22. The van der Waals surface area contributed by atoms with Crippen LogP contribution < -0.4 is 10.5 Å². The van der Waals surface area contributed by atoms with E-state index < -0.39 is 0 Å². The van der Waals surface area contributed by atoms with Gasteiger partial charge in [0.15, 0.2) is 0 Å². The zero-order valence-electron chi connectivity index (χ0n) is 11.7. The van der Waals surface area contributed by atoms with Crippen molar-refractivity contribution in [1.29, 1.82) is 0 Å². The Kier molecular flexibility index (Phi) is 4.12. The Morgan fingerprint density at radius 2 is 2.35 bits per heavy atom. The van der Waals surface area contributed by atoms with Gasteiger partial charge in [-0.15, -0.1) is 0 Å². The molecule has 1 aliphatic rings. The SMILES string of the molecule is CC(CC(N)=NO)N(C)C(=O)c1ccc2c(c1)CCO2. The van der Waals surface area contributed by atoms with Gasteiger partial charge in [0.25, 0.3) is 5.91 Å². The maximum absolute atomic E-state index is 12.4. The van der Waals surface area contributed by atoms with Crippen LogP contribution in [0.3, 0.4) is 0 Å². The second-order valence-electron chi connectivity index (χ2n) is 4.98. The Hall–Kier alpha value is -2.24. The molecule has 1 aliphatic heterocycles. The van der Waals surface area contributed by atoms with Gasteiger partial charge >= 0.3 is 0 Å². The van der Waals surface area contributed by atoms with E-state index in [1.54, 1.807) is 18.0 Å². The summed E-state index contributed by atoms with van der Waals surface area (Å²) in [5, 5.41) is 11.5. The van der Waals surface area contributed by atoms with E-state index in [1.165, 1.54) is 0 Å². The summed E-state index contributed by atoms with van der Waals surface area (Å²) in [6.45, 7) is 2.52. The molecule has 1 aromatic rings. The zero-order chi connectivity index (χ0) is 14.7. The molecule has 1 amide bonds. The molecule has 0 aromatic heterocycles. The zero-order valence-corrected chi connectivity index (χ0v) is 11.7. The van der Waals surface area contributed by atoms with Crippen molar-refractivity contribution in [3.05, 3.63) is 29.3 Å². The number of hydrogen-bond acceptors (Lipinski definition) is 4. The van der Waals surface area contributed by atoms with E-state index in [4.69, 9.17) is 15.7 Å². The molecule has 0 bridgehead atoms. The second kappa shape index (κ2) is 5.81. The Bertz CT molecular complexity index is 542. The largest absolute Gasteiger partial charge is 0.493 e. The summed E-state index contributed by atoms with van der Waals surface area (Å²) in [5.41, 5.74) is 7.16. The van der Waals surface area contributed by atoms with Gasteiger partial charge in [-0.05, 0) is 30.7 Å². The summed E-state index contributed by atoms with van der Waals surface area (Å²) in [5.74, 6) is 0.881. The number of carbonyl (C=O) groups excluding carboxylic acids is 1. The lowest BCUT2D eigenvalue weighted by atomic mass is 10.1. The van der Waals surface area contributed by atoms with Crippen molar-refractivity contribution in [2.75, 3.05) is 13.7 Å². The molecule has 3 N–H and O–H groups in total. The Morgan fingerprint density at radius 1 is 1.60 bits per heavy atom. The quantitative estimate of drug-likeness (QED) is 0.375. The van der Waals surface area contributed by atoms with Crippen LogP contribution in [0.25, 0.3) is 0 Å². The number of nitrogens with two attached hydrogens (primary N) is 1. The molecule has 0 aliphatic carbocycles. The summed E-state index contributed by atoms with van der Waals surface area (Å²) < 4.78 is 5.42. The minimum atomic E-state index is -0.150. The number of nitrogens with zero attached hydrogens (tertiary/aromatic N) is 2. The molecule has 1 aromatic carbocycles. The summed E-state index contributed by atoms with van der Waals surface area (Å²) in [7, 11) is 1.71. The Labute approximate surface area is 117 Å². The first-order valence-electron chi connectivity index (χ1n) is 6.52. The number of benzene rings is 1. The highest BCUT2D eigenvalue weighted by Gasteiger charge is 2.21. The first-order chi connectivity index (χ1) is 9.52. The van der Waals surface area contributed by atoms with Crippen LogP contribution in [0.2, 0.25) is 0 Å². The molecule has 0 spiro atoms. The van der Waals surface area contributed by atoms with Crippen molar-refractivity contribution < 1.29 is 14.7 Å². The summed E-state index contributed by atoms with van der Waals surface area (Å²) >= 11 is 0. The maximum Gasteiger partial charge on any atom is 0.253 e. The lowest BCUT2D eigenvalue weighted by molar-refractivity contribution is 0.0747. The van der Waals surface area contributed by atoms with Gasteiger partial charge in [-0.3, -0.25) is 4.79 Å². The molecule has 20 heavy (non-hydrogen) atoms. The van der Waals surface area contributed by atoms with Crippen LogP contribution in [0.5, 0.6) is 5.75 Å². The lowest BCUT2D eigenvalue weighted by Crippen LogP contribution is -2.37. The van der Waals surface area contributed by atoms with Crippen LogP contribution in [-0.2, 0) is 6.42 Å². The summed E-state index contributed by atoms with van der Waals surface area (Å²) in [4.78, 5) is 14.0. The molecule has 0 radical (unpaired) electrons. The standard InChI is InChI=1S/C14H19N3O3/c1-9(7-13(15)16-19)17(2)14(18)11-3-4-12-10(8-11)5-6-20-12/h3-4,8-9,19H,5-7H2,1-2H3,(H2,15,16). The van der Waals surface area contributed by atoms with Gasteiger partial charge < -0.3 is 20.6 Å². The summed E-state index contributed by atoms with van der Waals surface area (Å²) in [6.07, 6.45) is 1.16. The highest BCUT2D eigenvalue weighted by atomic mass is 16.5. The number of hydrogen-bond donors (Lipinski definition) is 2. The van der Waals surface area contributed by atoms with Crippen molar-refractivity contribution >= 4 is 11.7 Å². The number of amidine groups is 1. The van der Waals surface area contributed by atoms with Gasteiger partial charge in [0.05, 0.1) is 6.61 Å². The highest BCUT2D eigenvalue weighted by molar-refractivity contribution is 5.95. The van der Waals surface area contributed by atoms with E-state index in [2.05, 4.69) is 5.16 Å². The van der Waals surface area contributed by atoms with Gasteiger partial charge in [0.1, 0.15) is 11.6 Å². The van der Waals surface area contributed by atoms with Gasteiger partial charge in [-0.1, -0.05) is 5.16 Å². The third kappa shape index (κ3) is 2.84. The number of oxime groups is 1. The normalized spacial score (nSPS) is 15.4. The predicted molar refractivity (Wildman–Crippen MR) is 75.2 cm³/mol. The molecule has 0 saturated carbocycles. The van der Waals surface area contributed by atoms with E-state index in [1.807, 2.05) is 19.1 Å². The van der Waals surface area contributed by atoms with Crippen LogP contribution in [-0.4, -0.2) is 41.5 Å². The average molecular weight is 277 g/mol. The topological polar surface area (TPSA) is 88.2 Å². The van der Waals surface area contributed by atoms with Crippen LogP contribution in [0, 0.1) is 0 Å². The van der Waals surface area contributed by atoms with Crippen LogP contribution in [0.1, 0.15) is 29.3 Å². The molecule has 108 valence electrons. The molecule has 6 heteroatoms. The monoisotopic (exact) mass is 277 g/mol. The third-order valence-corrected chi connectivity index (χ3v) is 3.55. The van der Waals surface area contributed by atoms with Gasteiger partial charge in [0, 0.05) is 31.5 Å². The van der Waals surface area contributed by atoms with E-state index in [9.17, 15) is 4.79 Å². The van der Waals surface area contributed by atoms with Crippen LogP contribution in [0.15, 0.2) is 23.4 Å². The fraction of sp³-hybridized carbons (Fsp3) is 0.429. The second-order valence-corrected chi connectivity index (χ2v) is 4.98. The smallest absolute Gasteiger partial charge is 0.253 e. The minimum absolute atomic E-state index is 0.0852. The van der Waals surface area contributed by atoms with E-state index in [-0.39, 0.29) is 17.8 Å². The third-order valence-electron chi connectivity index (χ3n) is 3.55. The maximum atomic E-state index is 12.4. The number of rotatable bonds is 4. The van der Waals surface area contributed by atoms with Gasteiger partial charge in [-0.25, -0.2) is 0 Å². The van der Waals surface area contributed by atoms with Crippen LogP contribution in [0.4, 0.5) is 0 Å². The van der Waals surface area contributed by atoms with Crippen molar-refractivity contribution in [3.8, 4) is 5.75 Å². The molecule has 0 saturated heterocycles. The van der Waals surface area contributed by atoms with Crippen molar-refractivity contribution in [2.45, 2.75) is 25.8 Å².